The average Bonchev–Trinajstić information content (AvgIpc) is 2.77. The van der Waals surface area contributed by atoms with Crippen molar-refractivity contribution >= 4 is 5.65 Å². The van der Waals surface area contributed by atoms with Crippen LogP contribution in [0.4, 0.5) is 0 Å². The van der Waals surface area contributed by atoms with Gasteiger partial charge in [0.1, 0.15) is 5.65 Å². The molecule has 0 bridgehead atoms. The first-order valence-corrected chi connectivity index (χ1v) is 6.22. The molecule has 3 rings (SSSR count). The second kappa shape index (κ2) is 4.30. The molecule has 2 aromatic heterocycles. The third-order valence-corrected chi connectivity index (χ3v) is 3.50. The van der Waals surface area contributed by atoms with Crippen LogP contribution in [0.5, 0.6) is 0 Å². The van der Waals surface area contributed by atoms with E-state index in [2.05, 4.69) is 47.6 Å². The van der Waals surface area contributed by atoms with Crippen molar-refractivity contribution in [3.05, 3.63) is 71.2 Å². The van der Waals surface area contributed by atoms with Crippen molar-refractivity contribution in [2.45, 2.75) is 20.3 Å². The normalized spacial score (nSPS) is 11.0. The smallest absolute Gasteiger partial charge is 0.136 e. The summed E-state index contributed by atoms with van der Waals surface area (Å²) in [4.78, 5) is 4.44. The van der Waals surface area contributed by atoms with E-state index in [4.69, 9.17) is 0 Å². The molecule has 1 aromatic carbocycles. The number of fused-ring (bicyclic) bond motifs is 1. The number of nitrogens with zero attached hydrogens (tertiary/aromatic N) is 2. The SMILES string of the molecule is Cc1cccc(C)c1Cc1cnc2ccccn12. The van der Waals surface area contributed by atoms with Gasteiger partial charge in [-0.05, 0) is 42.7 Å². The van der Waals surface area contributed by atoms with Crippen LogP contribution in [0.15, 0.2) is 48.8 Å². The molecule has 0 aliphatic heterocycles. The van der Waals surface area contributed by atoms with Crippen LogP contribution in [0, 0.1) is 13.8 Å². The first-order valence-electron chi connectivity index (χ1n) is 6.22. The van der Waals surface area contributed by atoms with Crippen LogP contribution in [0.2, 0.25) is 0 Å². The lowest BCUT2D eigenvalue weighted by Crippen LogP contribution is -1.98. The fraction of sp³-hybridized carbons (Fsp3) is 0.188. The van der Waals surface area contributed by atoms with Gasteiger partial charge in [0.15, 0.2) is 0 Å². The highest BCUT2D eigenvalue weighted by atomic mass is 15.0. The predicted molar refractivity (Wildman–Crippen MR) is 73.9 cm³/mol. The number of aryl methyl sites for hydroxylation is 2. The summed E-state index contributed by atoms with van der Waals surface area (Å²) in [6.07, 6.45) is 4.98. The number of pyridine rings is 1. The summed E-state index contributed by atoms with van der Waals surface area (Å²) < 4.78 is 2.16. The zero-order valence-electron chi connectivity index (χ0n) is 10.7. The van der Waals surface area contributed by atoms with Gasteiger partial charge in [0, 0.05) is 24.5 Å². The molecule has 0 radical (unpaired) electrons. The molecule has 0 amide bonds. The predicted octanol–water partition coefficient (Wildman–Crippen LogP) is 3.54. The lowest BCUT2D eigenvalue weighted by atomic mass is 9.99. The Morgan fingerprint density at radius 2 is 1.78 bits per heavy atom. The highest BCUT2D eigenvalue weighted by Gasteiger charge is 2.07. The minimum atomic E-state index is 0.934. The van der Waals surface area contributed by atoms with Gasteiger partial charge >= 0.3 is 0 Å². The standard InChI is InChI=1S/C16H16N2/c1-12-6-5-7-13(2)15(12)10-14-11-17-16-8-3-4-9-18(14)16/h3-9,11H,10H2,1-2H3. The van der Waals surface area contributed by atoms with E-state index < -0.39 is 0 Å². The van der Waals surface area contributed by atoms with Gasteiger partial charge in [-0.3, -0.25) is 0 Å². The largest absolute Gasteiger partial charge is 0.304 e. The fourth-order valence-electron chi connectivity index (χ4n) is 2.42. The molecule has 0 atom stereocenters. The lowest BCUT2D eigenvalue weighted by Gasteiger charge is -2.09. The monoisotopic (exact) mass is 236 g/mol. The van der Waals surface area contributed by atoms with Crippen molar-refractivity contribution in [2.75, 3.05) is 0 Å². The van der Waals surface area contributed by atoms with E-state index in [-0.39, 0.29) is 0 Å². The Kier molecular flexibility index (Phi) is 2.63. The van der Waals surface area contributed by atoms with Crippen LogP contribution >= 0.6 is 0 Å². The minimum absolute atomic E-state index is 0.934. The van der Waals surface area contributed by atoms with E-state index in [1.54, 1.807) is 0 Å². The summed E-state index contributed by atoms with van der Waals surface area (Å²) in [5.74, 6) is 0. The Morgan fingerprint density at radius 3 is 2.56 bits per heavy atom. The minimum Gasteiger partial charge on any atom is -0.304 e. The Hall–Kier alpha value is -2.09. The van der Waals surface area contributed by atoms with E-state index in [9.17, 15) is 0 Å². The van der Waals surface area contributed by atoms with E-state index in [1.165, 1.54) is 22.4 Å². The molecule has 0 aliphatic carbocycles. The second-order valence-corrected chi connectivity index (χ2v) is 4.73. The topological polar surface area (TPSA) is 17.3 Å². The van der Waals surface area contributed by atoms with Gasteiger partial charge in [-0.2, -0.15) is 0 Å². The highest BCUT2D eigenvalue weighted by Crippen LogP contribution is 2.18. The molecule has 0 unspecified atom stereocenters. The number of hydrogen-bond donors (Lipinski definition) is 0. The summed E-state index contributed by atoms with van der Waals surface area (Å²) in [6.45, 7) is 4.34. The number of aromatic nitrogens is 2. The lowest BCUT2D eigenvalue weighted by molar-refractivity contribution is 1.00. The van der Waals surface area contributed by atoms with Crippen LogP contribution in [-0.4, -0.2) is 9.38 Å². The molecule has 2 nitrogen and oxygen atoms in total. The molecule has 0 fully saturated rings. The van der Waals surface area contributed by atoms with E-state index >= 15 is 0 Å². The summed E-state index contributed by atoms with van der Waals surface area (Å²) in [7, 11) is 0. The molecule has 2 heterocycles. The van der Waals surface area contributed by atoms with Gasteiger partial charge in [0.2, 0.25) is 0 Å². The average molecular weight is 236 g/mol. The second-order valence-electron chi connectivity index (χ2n) is 4.73. The first kappa shape index (κ1) is 11.0. The molecule has 90 valence electrons. The number of hydrogen-bond acceptors (Lipinski definition) is 1. The van der Waals surface area contributed by atoms with Crippen molar-refractivity contribution in [2.24, 2.45) is 0 Å². The van der Waals surface area contributed by atoms with Gasteiger partial charge in [0.25, 0.3) is 0 Å². The van der Waals surface area contributed by atoms with Crippen LogP contribution in [-0.2, 0) is 6.42 Å². The molecule has 0 saturated carbocycles. The Morgan fingerprint density at radius 1 is 1.00 bits per heavy atom. The van der Waals surface area contributed by atoms with Crippen molar-refractivity contribution in [3.63, 3.8) is 0 Å². The molecule has 0 saturated heterocycles. The fourth-order valence-corrected chi connectivity index (χ4v) is 2.42. The Labute approximate surface area is 107 Å². The number of benzene rings is 1. The molecule has 0 N–H and O–H groups in total. The maximum Gasteiger partial charge on any atom is 0.136 e. The molecular weight excluding hydrogens is 220 g/mol. The maximum atomic E-state index is 4.44. The molecular formula is C16H16N2. The molecule has 0 spiro atoms. The third kappa shape index (κ3) is 1.80. The van der Waals surface area contributed by atoms with Crippen LogP contribution in [0.25, 0.3) is 5.65 Å². The van der Waals surface area contributed by atoms with Crippen LogP contribution < -0.4 is 0 Å². The first-order chi connectivity index (χ1) is 8.75. The number of imidazole rings is 1. The van der Waals surface area contributed by atoms with Gasteiger partial charge in [-0.25, -0.2) is 4.98 Å². The molecule has 3 aromatic rings. The quantitative estimate of drug-likeness (QED) is 0.665. The number of rotatable bonds is 2. The third-order valence-electron chi connectivity index (χ3n) is 3.50. The van der Waals surface area contributed by atoms with Crippen molar-refractivity contribution in [1.29, 1.82) is 0 Å². The Balaban J connectivity index is 2.07. The summed E-state index contributed by atoms with van der Waals surface area (Å²) >= 11 is 0. The van der Waals surface area contributed by atoms with Crippen molar-refractivity contribution in [1.82, 2.24) is 9.38 Å². The molecule has 0 aliphatic rings. The highest BCUT2D eigenvalue weighted by molar-refractivity contribution is 5.43. The van der Waals surface area contributed by atoms with Crippen molar-refractivity contribution in [3.8, 4) is 0 Å². The van der Waals surface area contributed by atoms with Crippen LogP contribution in [0.1, 0.15) is 22.4 Å². The maximum absolute atomic E-state index is 4.44. The Bertz CT molecular complexity index is 675. The zero-order valence-corrected chi connectivity index (χ0v) is 10.7. The molecule has 2 heteroatoms. The molecule has 18 heavy (non-hydrogen) atoms. The van der Waals surface area contributed by atoms with Crippen LogP contribution in [0.3, 0.4) is 0 Å². The van der Waals surface area contributed by atoms with Gasteiger partial charge in [-0.15, -0.1) is 0 Å². The van der Waals surface area contributed by atoms with Gasteiger partial charge < -0.3 is 4.40 Å². The van der Waals surface area contributed by atoms with E-state index in [0.717, 1.165) is 12.1 Å². The summed E-state index contributed by atoms with van der Waals surface area (Å²) in [5, 5.41) is 0. The summed E-state index contributed by atoms with van der Waals surface area (Å²) in [6, 6.07) is 12.6. The van der Waals surface area contributed by atoms with E-state index in [1.807, 2.05) is 24.4 Å². The van der Waals surface area contributed by atoms with Gasteiger partial charge in [-0.1, -0.05) is 24.3 Å². The van der Waals surface area contributed by atoms with E-state index in [0.29, 0.717) is 0 Å². The zero-order chi connectivity index (χ0) is 12.5. The van der Waals surface area contributed by atoms with Crippen molar-refractivity contribution < 1.29 is 0 Å². The summed E-state index contributed by atoms with van der Waals surface area (Å²) in [5.41, 5.74) is 6.35. The van der Waals surface area contributed by atoms with Gasteiger partial charge in [0.05, 0.1) is 0 Å².